The van der Waals surface area contributed by atoms with Crippen LogP contribution in [0.25, 0.3) is 0 Å². The molecule has 0 saturated carbocycles. The van der Waals surface area contributed by atoms with Crippen molar-refractivity contribution < 1.29 is 13.9 Å². The Labute approximate surface area is 140 Å². The van der Waals surface area contributed by atoms with Crippen LogP contribution in [0.5, 0.6) is 5.88 Å². The van der Waals surface area contributed by atoms with Crippen LogP contribution in [0.1, 0.15) is 24.1 Å². The van der Waals surface area contributed by atoms with Gasteiger partial charge < -0.3 is 9.64 Å². The number of amides is 1. The number of hydrogen-bond donors (Lipinski definition) is 0. The number of rotatable bonds is 4. The van der Waals surface area contributed by atoms with Gasteiger partial charge in [0, 0.05) is 31.5 Å². The average Bonchev–Trinajstić information content (AvgIpc) is 2.87. The molecule has 0 aromatic carbocycles. The summed E-state index contributed by atoms with van der Waals surface area (Å²) in [4.78, 5) is 18.2. The Morgan fingerprint density at radius 3 is 3.04 bits per heavy atom. The van der Waals surface area contributed by atoms with Crippen molar-refractivity contribution in [2.24, 2.45) is 7.05 Å². The number of aryl methyl sites for hydroxylation is 2. The summed E-state index contributed by atoms with van der Waals surface area (Å²) in [6.45, 7) is 3.05. The predicted octanol–water partition coefficient (Wildman–Crippen LogP) is 1.88. The van der Waals surface area contributed by atoms with Gasteiger partial charge in [0.05, 0.1) is 18.7 Å². The molecule has 0 bridgehead atoms. The van der Waals surface area contributed by atoms with E-state index in [9.17, 15) is 9.18 Å². The third-order valence-electron chi connectivity index (χ3n) is 4.19. The molecule has 1 fully saturated rings. The van der Waals surface area contributed by atoms with Gasteiger partial charge in [-0.1, -0.05) is 0 Å². The fourth-order valence-electron chi connectivity index (χ4n) is 2.97. The lowest BCUT2D eigenvalue weighted by Gasteiger charge is -2.32. The molecular formula is C17H21FN4O2. The summed E-state index contributed by atoms with van der Waals surface area (Å²) >= 11 is 0. The molecule has 0 spiro atoms. The second-order valence-electron chi connectivity index (χ2n) is 6.10. The van der Waals surface area contributed by atoms with Gasteiger partial charge in [-0.05, 0) is 31.9 Å². The molecule has 0 N–H and O–H groups in total. The predicted molar refractivity (Wildman–Crippen MR) is 86.1 cm³/mol. The van der Waals surface area contributed by atoms with E-state index in [1.807, 2.05) is 20.2 Å². The van der Waals surface area contributed by atoms with Crippen LogP contribution in [0.3, 0.4) is 0 Å². The van der Waals surface area contributed by atoms with E-state index < -0.39 is 5.82 Å². The highest BCUT2D eigenvalue weighted by atomic mass is 19.1. The molecule has 7 heteroatoms. The summed E-state index contributed by atoms with van der Waals surface area (Å²) < 4.78 is 21.0. The molecular weight excluding hydrogens is 311 g/mol. The van der Waals surface area contributed by atoms with E-state index in [-0.39, 0.29) is 17.9 Å². The molecule has 0 aliphatic carbocycles. The summed E-state index contributed by atoms with van der Waals surface area (Å²) in [5.41, 5.74) is 1.80. The van der Waals surface area contributed by atoms with Crippen LogP contribution in [0.2, 0.25) is 0 Å². The molecule has 1 aliphatic rings. The van der Waals surface area contributed by atoms with Gasteiger partial charge in [0.1, 0.15) is 6.10 Å². The number of carbonyl (C=O) groups excluding carboxylic acids is 1. The number of ether oxygens (including phenoxy) is 1. The summed E-state index contributed by atoms with van der Waals surface area (Å²) in [5, 5.41) is 4.26. The topological polar surface area (TPSA) is 60.2 Å². The normalized spacial score (nSPS) is 17.8. The van der Waals surface area contributed by atoms with E-state index in [1.165, 1.54) is 18.3 Å². The molecule has 1 aliphatic heterocycles. The first-order valence-electron chi connectivity index (χ1n) is 8.07. The van der Waals surface area contributed by atoms with Crippen molar-refractivity contribution in [1.29, 1.82) is 0 Å². The average molecular weight is 332 g/mol. The zero-order valence-electron chi connectivity index (χ0n) is 13.9. The third kappa shape index (κ3) is 3.72. The maximum Gasteiger partial charge on any atom is 0.250 e. The first-order valence-corrected chi connectivity index (χ1v) is 8.07. The van der Waals surface area contributed by atoms with Gasteiger partial charge in [-0.25, -0.2) is 9.37 Å². The van der Waals surface area contributed by atoms with E-state index in [4.69, 9.17) is 4.74 Å². The maximum absolute atomic E-state index is 13.7. The molecule has 1 unspecified atom stereocenters. The van der Waals surface area contributed by atoms with Crippen LogP contribution in [0.4, 0.5) is 4.39 Å². The fourth-order valence-corrected chi connectivity index (χ4v) is 2.97. The van der Waals surface area contributed by atoms with E-state index >= 15 is 0 Å². The van der Waals surface area contributed by atoms with Crippen molar-refractivity contribution >= 4 is 5.91 Å². The highest BCUT2D eigenvalue weighted by Gasteiger charge is 2.26. The summed E-state index contributed by atoms with van der Waals surface area (Å²) in [7, 11) is 1.84. The number of carbonyl (C=O) groups is 1. The number of halogens is 1. The molecule has 24 heavy (non-hydrogen) atoms. The quantitative estimate of drug-likeness (QED) is 0.858. The fraction of sp³-hybridized carbons (Fsp3) is 0.471. The summed E-state index contributed by atoms with van der Waals surface area (Å²) in [5.74, 6) is -0.437. The first kappa shape index (κ1) is 16.4. The SMILES string of the molecule is Cc1nn(C)cc1CC(=O)N1CCCC(Oc2ncccc2F)C1. The van der Waals surface area contributed by atoms with Crippen molar-refractivity contribution in [3.05, 3.63) is 41.6 Å². The molecule has 2 aromatic rings. The summed E-state index contributed by atoms with van der Waals surface area (Å²) in [6, 6.07) is 2.84. The lowest BCUT2D eigenvalue weighted by molar-refractivity contribution is -0.133. The molecule has 3 rings (SSSR count). The number of pyridine rings is 1. The molecule has 128 valence electrons. The maximum atomic E-state index is 13.7. The smallest absolute Gasteiger partial charge is 0.250 e. The Balaban J connectivity index is 1.61. The minimum Gasteiger partial charge on any atom is -0.470 e. The standard InChI is InChI=1S/C17H21FN4O2/c1-12-13(10-21(2)20-12)9-16(23)22-8-4-5-14(11-22)24-17-15(18)6-3-7-19-17/h3,6-7,10,14H,4-5,8-9,11H2,1-2H3. The molecule has 2 aromatic heterocycles. The number of aromatic nitrogens is 3. The minimum atomic E-state index is -0.480. The lowest BCUT2D eigenvalue weighted by Crippen LogP contribution is -2.45. The van der Waals surface area contributed by atoms with Crippen molar-refractivity contribution in [3.8, 4) is 5.88 Å². The molecule has 0 radical (unpaired) electrons. The van der Waals surface area contributed by atoms with Crippen molar-refractivity contribution in [2.75, 3.05) is 13.1 Å². The van der Waals surface area contributed by atoms with Crippen LogP contribution >= 0.6 is 0 Å². The molecule has 1 saturated heterocycles. The Morgan fingerprint density at radius 1 is 1.50 bits per heavy atom. The van der Waals surface area contributed by atoms with E-state index in [1.54, 1.807) is 9.58 Å². The zero-order chi connectivity index (χ0) is 17.1. The Kier molecular flexibility index (Phi) is 4.78. The van der Waals surface area contributed by atoms with Crippen LogP contribution in [0, 0.1) is 12.7 Å². The van der Waals surface area contributed by atoms with Crippen molar-refractivity contribution in [2.45, 2.75) is 32.3 Å². The zero-order valence-corrected chi connectivity index (χ0v) is 13.9. The van der Waals surface area contributed by atoms with Gasteiger partial charge in [-0.15, -0.1) is 0 Å². The van der Waals surface area contributed by atoms with Gasteiger partial charge in [0.2, 0.25) is 5.91 Å². The van der Waals surface area contributed by atoms with Crippen molar-refractivity contribution in [3.63, 3.8) is 0 Å². The molecule has 1 atom stereocenters. The molecule has 3 heterocycles. The van der Waals surface area contributed by atoms with Crippen LogP contribution in [0.15, 0.2) is 24.5 Å². The number of hydrogen-bond acceptors (Lipinski definition) is 4. The van der Waals surface area contributed by atoms with Gasteiger partial charge in [-0.2, -0.15) is 5.10 Å². The van der Waals surface area contributed by atoms with Crippen LogP contribution in [-0.4, -0.2) is 44.8 Å². The number of likely N-dealkylation sites (tertiary alicyclic amines) is 1. The Morgan fingerprint density at radius 2 is 2.33 bits per heavy atom. The van der Waals surface area contributed by atoms with Gasteiger partial charge >= 0.3 is 0 Å². The Hall–Kier alpha value is -2.44. The highest BCUT2D eigenvalue weighted by Crippen LogP contribution is 2.20. The minimum absolute atomic E-state index is 0.0000900. The van der Waals surface area contributed by atoms with Gasteiger partial charge in [-0.3, -0.25) is 9.48 Å². The van der Waals surface area contributed by atoms with Gasteiger partial charge in [0.15, 0.2) is 5.82 Å². The monoisotopic (exact) mass is 332 g/mol. The molecule has 1 amide bonds. The third-order valence-corrected chi connectivity index (χ3v) is 4.19. The Bertz CT molecular complexity index is 731. The van der Waals surface area contributed by atoms with Crippen LogP contribution in [-0.2, 0) is 18.3 Å². The van der Waals surface area contributed by atoms with E-state index in [0.717, 1.165) is 24.1 Å². The second kappa shape index (κ2) is 6.98. The first-order chi connectivity index (χ1) is 11.5. The summed E-state index contributed by atoms with van der Waals surface area (Å²) in [6.07, 6.45) is 5.07. The van der Waals surface area contributed by atoms with Crippen molar-refractivity contribution in [1.82, 2.24) is 19.7 Å². The van der Waals surface area contributed by atoms with Gasteiger partial charge in [0.25, 0.3) is 5.88 Å². The largest absolute Gasteiger partial charge is 0.470 e. The molecule has 6 nitrogen and oxygen atoms in total. The highest BCUT2D eigenvalue weighted by molar-refractivity contribution is 5.79. The van der Waals surface area contributed by atoms with Crippen LogP contribution < -0.4 is 4.74 Å². The number of piperidine rings is 1. The second-order valence-corrected chi connectivity index (χ2v) is 6.10. The lowest BCUT2D eigenvalue weighted by atomic mass is 10.1. The van der Waals surface area contributed by atoms with E-state index in [0.29, 0.717) is 19.5 Å². The van der Waals surface area contributed by atoms with E-state index in [2.05, 4.69) is 10.1 Å². The number of nitrogens with zero attached hydrogens (tertiary/aromatic N) is 4.